The van der Waals surface area contributed by atoms with Gasteiger partial charge in [-0.1, -0.05) is 24.3 Å². The van der Waals surface area contributed by atoms with E-state index in [4.69, 9.17) is 19.2 Å². The fourth-order valence-corrected chi connectivity index (χ4v) is 3.79. The predicted molar refractivity (Wildman–Crippen MR) is 115 cm³/mol. The number of methoxy groups -OCH3 is 2. The van der Waals surface area contributed by atoms with Crippen LogP contribution < -0.4 is 15.0 Å². The van der Waals surface area contributed by atoms with Gasteiger partial charge < -0.3 is 14.2 Å². The second-order valence-electron chi connectivity index (χ2n) is 7.46. The predicted octanol–water partition coefficient (Wildman–Crippen LogP) is 2.60. The average Bonchev–Trinajstić information content (AvgIpc) is 2.77. The molecule has 0 N–H and O–H groups in total. The van der Waals surface area contributed by atoms with E-state index < -0.39 is 0 Å². The molecule has 0 radical (unpaired) electrons. The lowest BCUT2D eigenvalue weighted by atomic mass is 10.1. The zero-order valence-corrected chi connectivity index (χ0v) is 17.7. The molecule has 2 heterocycles. The Hall–Kier alpha value is -2.90. The van der Waals surface area contributed by atoms with E-state index in [9.17, 15) is 4.79 Å². The van der Waals surface area contributed by atoms with Gasteiger partial charge in [0.2, 0.25) is 0 Å². The Bertz CT molecular complexity index is 1100. The van der Waals surface area contributed by atoms with Crippen molar-refractivity contribution < 1.29 is 14.2 Å². The molecule has 1 fully saturated rings. The highest BCUT2D eigenvalue weighted by Crippen LogP contribution is 2.30. The Labute approximate surface area is 175 Å². The minimum atomic E-state index is -0.0764. The Kier molecular flexibility index (Phi) is 6.01. The largest absolute Gasteiger partial charge is 0.493 e. The molecule has 0 atom stereocenters. The number of benzene rings is 2. The Balaban J connectivity index is 1.86. The summed E-state index contributed by atoms with van der Waals surface area (Å²) in [6.07, 6.45) is 0. The maximum atomic E-state index is 13.6. The summed E-state index contributed by atoms with van der Waals surface area (Å²) in [7, 11) is 3.15. The summed E-state index contributed by atoms with van der Waals surface area (Å²) in [6, 6.07) is 11.6. The van der Waals surface area contributed by atoms with E-state index in [0.29, 0.717) is 48.7 Å². The fraction of sp³-hybridized carbons (Fsp3) is 0.391. The van der Waals surface area contributed by atoms with Crippen molar-refractivity contribution in [2.75, 3.05) is 40.5 Å². The smallest absolute Gasteiger partial charge is 0.261 e. The van der Waals surface area contributed by atoms with Crippen LogP contribution in [-0.2, 0) is 17.8 Å². The van der Waals surface area contributed by atoms with Gasteiger partial charge in [-0.05, 0) is 24.1 Å². The van der Waals surface area contributed by atoms with Gasteiger partial charge in [-0.2, -0.15) is 0 Å². The number of fused-ring (bicyclic) bond motifs is 1. The zero-order chi connectivity index (χ0) is 21.1. The molecule has 2 aromatic carbocycles. The first-order chi connectivity index (χ1) is 14.6. The number of morpholine rings is 1. The molecule has 1 aromatic heterocycles. The van der Waals surface area contributed by atoms with E-state index in [1.165, 1.54) is 0 Å². The lowest BCUT2D eigenvalue weighted by Gasteiger charge is -2.27. The van der Waals surface area contributed by atoms with Crippen LogP contribution in [0.25, 0.3) is 10.9 Å². The van der Waals surface area contributed by atoms with Gasteiger partial charge in [0.05, 0.1) is 51.4 Å². The molecule has 4 rings (SSSR count). The van der Waals surface area contributed by atoms with Crippen molar-refractivity contribution in [1.29, 1.82) is 0 Å². The van der Waals surface area contributed by atoms with E-state index in [1.54, 1.807) is 30.9 Å². The van der Waals surface area contributed by atoms with Crippen molar-refractivity contribution >= 4 is 10.9 Å². The van der Waals surface area contributed by atoms with Crippen LogP contribution in [0.3, 0.4) is 0 Å². The van der Waals surface area contributed by atoms with Gasteiger partial charge >= 0.3 is 0 Å². The Morgan fingerprint density at radius 3 is 2.43 bits per heavy atom. The standard InChI is InChI=1S/C23H27N3O4/c1-16-6-4-5-7-17(16)14-26-22(15-25-8-10-30-11-9-25)24-19-13-21(29-3)20(28-2)12-18(19)23(26)27/h4-7,12-13H,8-11,14-15H2,1-3H3. The lowest BCUT2D eigenvalue weighted by Crippen LogP contribution is -2.38. The van der Waals surface area contributed by atoms with E-state index in [2.05, 4.69) is 24.0 Å². The Morgan fingerprint density at radius 1 is 1.03 bits per heavy atom. The lowest BCUT2D eigenvalue weighted by molar-refractivity contribution is 0.0325. The van der Waals surface area contributed by atoms with Crippen molar-refractivity contribution in [3.05, 3.63) is 63.7 Å². The van der Waals surface area contributed by atoms with Crippen molar-refractivity contribution in [2.45, 2.75) is 20.0 Å². The molecule has 3 aromatic rings. The summed E-state index contributed by atoms with van der Waals surface area (Å²) in [5.74, 6) is 1.82. The van der Waals surface area contributed by atoms with Crippen LogP contribution in [0.4, 0.5) is 0 Å². The van der Waals surface area contributed by atoms with Gasteiger partial charge in [-0.3, -0.25) is 14.3 Å². The second kappa shape index (κ2) is 8.85. The molecule has 0 unspecified atom stereocenters. The minimum absolute atomic E-state index is 0.0764. The molecule has 0 bridgehead atoms. The summed E-state index contributed by atoms with van der Waals surface area (Å²) < 4.78 is 18.1. The molecular weight excluding hydrogens is 382 g/mol. The molecule has 0 saturated carbocycles. The monoisotopic (exact) mass is 409 g/mol. The number of hydrogen-bond donors (Lipinski definition) is 0. The van der Waals surface area contributed by atoms with Crippen molar-refractivity contribution in [3.63, 3.8) is 0 Å². The van der Waals surface area contributed by atoms with Crippen molar-refractivity contribution in [3.8, 4) is 11.5 Å². The number of aryl methyl sites for hydroxylation is 1. The molecule has 1 saturated heterocycles. The summed E-state index contributed by atoms with van der Waals surface area (Å²) in [5, 5.41) is 0.520. The SMILES string of the molecule is COc1cc2nc(CN3CCOCC3)n(Cc3ccccc3C)c(=O)c2cc1OC. The van der Waals surface area contributed by atoms with E-state index in [0.717, 1.165) is 30.0 Å². The molecule has 1 aliphatic rings. The van der Waals surface area contributed by atoms with Crippen molar-refractivity contribution in [1.82, 2.24) is 14.5 Å². The first kappa shape index (κ1) is 20.4. The van der Waals surface area contributed by atoms with Gasteiger partial charge in [0, 0.05) is 19.2 Å². The number of rotatable bonds is 6. The van der Waals surface area contributed by atoms with Crippen LogP contribution in [0, 0.1) is 6.92 Å². The van der Waals surface area contributed by atoms with Gasteiger partial charge in [-0.15, -0.1) is 0 Å². The summed E-state index contributed by atoms with van der Waals surface area (Å²) in [6.45, 7) is 6.16. The quantitative estimate of drug-likeness (QED) is 0.624. The summed E-state index contributed by atoms with van der Waals surface area (Å²) in [5.41, 5.74) is 2.79. The molecule has 1 aliphatic heterocycles. The molecule has 158 valence electrons. The van der Waals surface area contributed by atoms with Gasteiger partial charge in [0.15, 0.2) is 11.5 Å². The molecule has 7 heteroatoms. The first-order valence-corrected chi connectivity index (χ1v) is 10.1. The number of ether oxygens (including phenoxy) is 3. The van der Waals surface area contributed by atoms with Gasteiger partial charge in [0.25, 0.3) is 5.56 Å². The topological polar surface area (TPSA) is 65.8 Å². The maximum absolute atomic E-state index is 13.6. The zero-order valence-electron chi connectivity index (χ0n) is 17.7. The number of aromatic nitrogens is 2. The van der Waals surface area contributed by atoms with Crippen LogP contribution in [0.1, 0.15) is 17.0 Å². The maximum Gasteiger partial charge on any atom is 0.261 e. The third kappa shape index (κ3) is 4.04. The third-order valence-corrected chi connectivity index (χ3v) is 5.60. The van der Waals surface area contributed by atoms with Crippen molar-refractivity contribution in [2.24, 2.45) is 0 Å². The van der Waals surface area contributed by atoms with Crippen LogP contribution in [0.5, 0.6) is 11.5 Å². The second-order valence-corrected chi connectivity index (χ2v) is 7.46. The van der Waals surface area contributed by atoms with Crippen LogP contribution in [0.2, 0.25) is 0 Å². The summed E-state index contributed by atoms with van der Waals surface area (Å²) >= 11 is 0. The van der Waals surface area contributed by atoms with Crippen LogP contribution >= 0.6 is 0 Å². The molecule has 7 nitrogen and oxygen atoms in total. The van der Waals surface area contributed by atoms with E-state index >= 15 is 0 Å². The molecule has 0 aliphatic carbocycles. The normalized spacial score (nSPS) is 14.8. The highest BCUT2D eigenvalue weighted by Gasteiger charge is 2.19. The number of hydrogen-bond acceptors (Lipinski definition) is 6. The van der Waals surface area contributed by atoms with Gasteiger partial charge in [-0.25, -0.2) is 4.98 Å². The third-order valence-electron chi connectivity index (χ3n) is 5.60. The highest BCUT2D eigenvalue weighted by atomic mass is 16.5. The first-order valence-electron chi connectivity index (χ1n) is 10.1. The van der Waals surface area contributed by atoms with E-state index in [-0.39, 0.29) is 5.56 Å². The molecule has 0 spiro atoms. The summed E-state index contributed by atoms with van der Waals surface area (Å²) in [4.78, 5) is 20.7. The molecular formula is C23H27N3O4. The van der Waals surface area contributed by atoms with Crippen LogP contribution in [-0.4, -0.2) is 55.0 Å². The van der Waals surface area contributed by atoms with E-state index in [1.807, 2.05) is 12.1 Å². The minimum Gasteiger partial charge on any atom is -0.493 e. The number of nitrogens with zero attached hydrogens (tertiary/aromatic N) is 3. The highest BCUT2D eigenvalue weighted by molar-refractivity contribution is 5.82. The molecule has 0 amide bonds. The molecule has 30 heavy (non-hydrogen) atoms. The average molecular weight is 409 g/mol. The van der Waals surface area contributed by atoms with Gasteiger partial charge in [0.1, 0.15) is 5.82 Å². The Morgan fingerprint density at radius 2 is 1.73 bits per heavy atom. The fourth-order valence-electron chi connectivity index (χ4n) is 3.79. The van der Waals surface area contributed by atoms with Crippen LogP contribution in [0.15, 0.2) is 41.2 Å².